The van der Waals surface area contributed by atoms with E-state index in [0.717, 1.165) is 37.9 Å². The minimum atomic E-state index is -0.656. The molecule has 5 nitrogen and oxygen atoms in total. The summed E-state index contributed by atoms with van der Waals surface area (Å²) in [6, 6.07) is 6.82. The smallest absolute Gasteiger partial charge is 0.254 e. The lowest BCUT2D eigenvalue weighted by Crippen LogP contribution is -2.54. The lowest BCUT2D eigenvalue weighted by molar-refractivity contribution is -0.167. The molecule has 2 fully saturated rings. The molecule has 23 heavy (non-hydrogen) atoms. The van der Waals surface area contributed by atoms with Crippen molar-refractivity contribution in [3.63, 3.8) is 0 Å². The summed E-state index contributed by atoms with van der Waals surface area (Å²) >= 11 is 5.95. The van der Waals surface area contributed by atoms with Gasteiger partial charge in [0.15, 0.2) is 6.10 Å². The molecule has 0 spiro atoms. The zero-order valence-corrected chi connectivity index (χ0v) is 14.0. The molecule has 0 bridgehead atoms. The van der Waals surface area contributed by atoms with E-state index < -0.39 is 12.1 Å². The molecular formula is C17H21ClN2O3. The van der Waals surface area contributed by atoms with Crippen LogP contribution in [0.3, 0.4) is 0 Å². The van der Waals surface area contributed by atoms with Crippen LogP contribution in [0.2, 0.25) is 5.02 Å². The van der Waals surface area contributed by atoms with E-state index in [1.165, 1.54) is 0 Å². The molecule has 2 saturated heterocycles. The van der Waals surface area contributed by atoms with Crippen molar-refractivity contribution in [2.45, 2.75) is 31.4 Å². The molecule has 2 amide bonds. The highest BCUT2D eigenvalue weighted by atomic mass is 35.5. The van der Waals surface area contributed by atoms with Gasteiger partial charge in [-0.2, -0.15) is 0 Å². The Morgan fingerprint density at radius 1 is 1.17 bits per heavy atom. The van der Waals surface area contributed by atoms with Crippen LogP contribution >= 0.6 is 11.6 Å². The minimum Gasteiger partial charge on any atom is -0.356 e. The second-order valence-electron chi connectivity index (χ2n) is 6.12. The Labute approximate surface area is 141 Å². The van der Waals surface area contributed by atoms with Gasteiger partial charge in [0, 0.05) is 25.2 Å². The minimum absolute atomic E-state index is 0.0241. The summed E-state index contributed by atoms with van der Waals surface area (Å²) in [5.74, 6) is -0.142. The van der Waals surface area contributed by atoms with Crippen LogP contribution in [0.5, 0.6) is 0 Å². The third-order valence-corrected chi connectivity index (χ3v) is 4.86. The summed E-state index contributed by atoms with van der Waals surface area (Å²) in [5.41, 5.74) is 0.861. The number of benzene rings is 1. The molecule has 6 heteroatoms. The van der Waals surface area contributed by atoms with E-state index in [1.807, 2.05) is 17.0 Å². The summed E-state index contributed by atoms with van der Waals surface area (Å²) in [6.07, 6.45) is 2.56. The Morgan fingerprint density at radius 2 is 1.83 bits per heavy atom. The molecule has 2 heterocycles. The number of carbonyl (C=O) groups excluding carboxylic acids is 2. The van der Waals surface area contributed by atoms with E-state index in [1.54, 1.807) is 24.1 Å². The van der Waals surface area contributed by atoms with Gasteiger partial charge in [-0.25, -0.2) is 0 Å². The van der Waals surface area contributed by atoms with Crippen molar-refractivity contribution in [1.29, 1.82) is 0 Å². The van der Waals surface area contributed by atoms with Crippen molar-refractivity contribution in [1.82, 2.24) is 9.80 Å². The Balaban J connectivity index is 1.87. The molecule has 0 N–H and O–H groups in total. The number of halogens is 1. The van der Waals surface area contributed by atoms with E-state index in [0.29, 0.717) is 5.02 Å². The SMILES string of the molecule is CN1C(=O)CO[C@@H](C(=O)N2CCCCC2)[C@H]1c1ccc(Cl)cc1. The fraction of sp³-hybridized carbons (Fsp3) is 0.529. The first-order valence-corrected chi connectivity index (χ1v) is 8.37. The lowest BCUT2D eigenvalue weighted by Gasteiger charge is -2.41. The average Bonchev–Trinajstić information content (AvgIpc) is 2.58. The molecule has 0 aliphatic carbocycles. The first kappa shape index (κ1) is 16.3. The second-order valence-corrected chi connectivity index (χ2v) is 6.56. The van der Waals surface area contributed by atoms with Crippen LogP contribution in [-0.2, 0) is 14.3 Å². The van der Waals surface area contributed by atoms with Gasteiger partial charge in [-0.05, 0) is 37.0 Å². The molecule has 2 aliphatic heterocycles. The van der Waals surface area contributed by atoms with E-state index in [2.05, 4.69) is 0 Å². The molecule has 2 aliphatic rings. The lowest BCUT2D eigenvalue weighted by atomic mass is 9.96. The zero-order valence-electron chi connectivity index (χ0n) is 13.2. The molecule has 3 rings (SSSR count). The summed E-state index contributed by atoms with van der Waals surface area (Å²) in [4.78, 5) is 28.4. The number of piperidine rings is 1. The maximum absolute atomic E-state index is 12.9. The standard InChI is InChI=1S/C17H21ClN2O3/c1-19-14(21)11-23-16(17(22)20-9-3-2-4-10-20)15(19)12-5-7-13(18)8-6-12/h5-8,15-16H,2-4,9-11H2,1H3/t15-,16-/m1/s1. The number of rotatable bonds is 2. The van der Waals surface area contributed by atoms with Gasteiger partial charge in [-0.1, -0.05) is 23.7 Å². The summed E-state index contributed by atoms with van der Waals surface area (Å²) in [5, 5.41) is 0.623. The van der Waals surface area contributed by atoms with Gasteiger partial charge in [0.2, 0.25) is 5.91 Å². The normalized spacial score (nSPS) is 25.6. The van der Waals surface area contributed by atoms with Crippen LogP contribution in [0.15, 0.2) is 24.3 Å². The van der Waals surface area contributed by atoms with Crippen LogP contribution in [0, 0.1) is 0 Å². The Kier molecular flexibility index (Phi) is 4.87. The molecule has 0 aromatic heterocycles. The van der Waals surface area contributed by atoms with Gasteiger partial charge in [-0.15, -0.1) is 0 Å². The summed E-state index contributed by atoms with van der Waals surface area (Å²) < 4.78 is 5.66. The van der Waals surface area contributed by atoms with Crippen LogP contribution < -0.4 is 0 Å². The maximum Gasteiger partial charge on any atom is 0.254 e. The molecule has 2 atom stereocenters. The number of hydrogen-bond donors (Lipinski definition) is 0. The van der Waals surface area contributed by atoms with Crippen molar-refractivity contribution in [2.75, 3.05) is 26.7 Å². The Morgan fingerprint density at radius 3 is 2.48 bits per heavy atom. The summed E-state index contributed by atoms with van der Waals surface area (Å²) in [6.45, 7) is 1.48. The third kappa shape index (κ3) is 3.35. The highest BCUT2D eigenvalue weighted by molar-refractivity contribution is 6.30. The predicted molar refractivity (Wildman–Crippen MR) is 87.1 cm³/mol. The van der Waals surface area contributed by atoms with Crippen LogP contribution in [0.25, 0.3) is 0 Å². The quantitative estimate of drug-likeness (QED) is 0.832. The van der Waals surface area contributed by atoms with Gasteiger partial charge < -0.3 is 14.5 Å². The molecule has 0 radical (unpaired) electrons. The fourth-order valence-corrected chi connectivity index (χ4v) is 3.40. The molecule has 0 saturated carbocycles. The molecular weight excluding hydrogens is 316 g/mol. The number of ether oxygens (including phenoxy) is 1. The van der Waals surface area contributed by atoms with E-state index in [9.17, 15) is 9.59 Å². The zero-order chi connectivity index (χ0) is 16.4. The van der Waals surface area contributed by atoms with Gasteiger partial charge in [0.25, 0.3) is 5.91 Å². The van der Waals surface area contributed by atoms with Crippen LogP contribution in [0.4, 0.5) is 0 Å². The second kappa shape index (κ2) is 6.89. The number of nitrogens with zero attached hydrogens (tertiary/aromatic N) is 2. The van der Waals surface area contributed by atoms with E-state index in [-0.39, 0.29) is 18.4 Å². The highest BCUT2D eigenvalue weighted by Crippen LogP contribution is 2.31. The first-order chi connectivity index (χ1) is 11.1. The summed E-state index contributed by atoms with van der Waals surface area (Å²) in [7, 11) is 1.72. The molecule has 124 valence electrons. The number of carbonyl (C=O) groups is 2. The molecule has 1 aromatic carbocycles. The van der Waals surface area contributed by atoms with Gasteiger partial charge in [0.1, 0.15) is 6.61 Å². The Bertz CT molecular complexity index is 584. The van der Waals surface area contributed by atoms with Crippen molar-refractivity contribution < 1.29 is 14.3 Å². The molecule has 0 unspecified atom stereocenters. The fourth-order valence-electron chi connectivity index (χ4n) is 3.27. The molecule has 1 aromatic rings. The van der Waals surface area contributed by atoms with Crippen molar-refractivity contribution in [3.8, 4) is 0 Å². The van der Waals surface area contributed by atoms with Crippen molar-refractivity contribution in [2.24, 2.45) is 0 Å². The largest absolute Gasteiger partial charge is 0.356 e. The average molecular weight is 337 g/mol. The maximum atomic E-state index is 12.9. The van der Waals surface area contributed by atoms with Gasteiger partial charge in [-0.3, -0.25) is 9.59 Å². The van der Waals surface area contributed by atoms with Crippen LogP contribution in [0.1, 0.15) is 30.9 Å². The van der Waals surface area contributed by atoms with Gasteiger partial charge >= 0.3 is 0 Å². The number of likely N-dealkylation sites (N-methyl/N-ethyl adjacent to an activating group) is 1. The number of hydrogen-bond acceptors (Lipinski definition) is 3. The Hall–Kier alpha value is -1.59. The number of amides is 2. The third-order valence-electron chi connectivity index (χ3n) is 4.61. The predicted octanol–water partition coefficient (Wildman–Crippen LogP) is 2.25. The number of likely N-dealkylation sites (tertiary alicyclic amines) is 1. The number of morpholine rings is 1. The van der Waals surface area contributed by atoms with E-state index in [4.69, 9.17) is 16.3 Å². The van der Waals surface area contributed by atoms with Crippen molar-refractivity contribution in [3.05, 3.63) is 34.9 Å². The van der Waals surface area contributed by atoms with E-state index >= 15 is 0 Å². The first-order valence-electron chi connectivity index (χ1n) is 7.99. The topological polar surface area (TPSA) is 49.9 Å². The highest BCUT2D eigenvalue weighted by Gasteiger charge is 2.41. The van der Waals surface area contributed by atoms with Crippen molar-refractivity contribution >= 4 is 23.4 Å². The van der Waals surface area contributed by atoms with Gasteiger partial charge in [0.05, 0.1) is 6.04 Å². The van der Waals surface area contributed by atoms with Crippen LogP contribution in [-0.4, -0.2) is 54.5 Å². The monoisotopic (exact) mass is 336 g/mol.